The van der Waals surface area contributed by atoms with Crippen molar-refractivity contribution in [2.75, 3.05) is 52.5 Å². The molecule has 1 amide bonds. The van der Waals surface area contributed by atoms with E-state index in [0.29, 0.717) is 0 Å². The summed E-state index contributed by atoms with van der Waals surface area (Å²) < 4.78 is 5.30. The van der Waals surface area contributed by atoms with Crippen molar-refractivity contribution in [3.63, 3.8) is 0 Å². The van der Waals surface area contributed by atoms with Crippen LogP contribution in [0.15, 0.2) is 0 Å². The van der Waals surface area contributed by atoms with Crippen molar-refractivity contribution in [1.82, 2.24) is 15.1 Å². The predicted octanol–water partition coefficient (Wildman–Crippen LogP) is 0.165. The maximum atomic E-state index is 12.0. The van der Waals surface area contributed by atoms with Crippen LogP contribution >= 0.6 is 0 Å². The molecule has 1 unspecified atom stereocenters. The van der Waals surface area contributed by atoms with Crippen LogP contribution in [0, 0.1) is 0 Å². The number of carbonyl (C=O) groups excluding carboxylic acids is 1. The Kier molecular flexibility index (Phi) is 7.23. The van der Waals surface area contributed by atoms with Gasteiger partial charge in [-0.25, -0.2) is 0 Å². The average Bonchev–Trinajstić information content (AvgIpc) is 2.41. The van der Waals surface area contributed by atoms with Gasteiger partial charge >= 0.3 is 0 Å². The number of amides is 1. The van der Waals surface area contributed by atoms with E-state index in [4.69, 9.17) is 4.74 Å². The molecule has 106 valence electrons. The van der Waals surface area contributed by atoms with Gasteiger partial charge in [-0.2, -0.15) is 0 Å². The third-order valence-electron chi connectivity index (χ3n) is 3.43. The fourth-order valence-corrected chi connectivity index (χ4v) is 2.16. The molecular formula is C13H27N3O2. The zero-order chi connectivity index (χ0) is 13.4. The third-order valence-corrected chi connectivity index (χ3v) is 3.43. The van der Waals surface area contributed by atoms with Crippen molar-refractivity contribution in [2.24, 2.45) is 0 Å². The van der Waals surface area contributed by atoms with Crippen LogP contribution in [0.1, 0.15) is 20.8 Å². The smallest absolute Gasteiger partial charge is 0.239 e. The molecule has 0 aromatic carbocycles. The number of nitrogens with one attached hydrogen (secondary N) is 1. The summed E-state index contributed by atoms with van der Waals surface area (Å²) in [5.41, 5.74) is 0. The van der Waals surface area contributed by atoms with Crippen molar-refractivity contribution in [3.05, 3.63) is 0 Å². The van der Waals surface area contributed by atoms with E-state index < -0.39 is 0 Å². The Morgan fingerprint density at radius 3 is 2.50 bits per heavy atom. The zero-order valence-corrected chi connectivity index (χ0v) is 11.9. The van der Waals surface area contributed by atoms with Gasteiger partial charge in [0.15, 0.2) is 0 Å². The zero-order valence-electron chi connectivity index (χ0n) is 11.9. The minimum atomic E-state index is -0.0917. The molecule has 1 N–H and O–H groups in total. The van der Waals surface area contributed by atoms with Crippen LogP contribution in [0.2, 0.25) is 0 Å². The number of ether oxygens (including phenoxy) is 1. The minimum Gasteiger partial charge on any atom is -0.379 e. The van der Waals surface area contributed by atoms with Gasteiger partial charge in [0.1, 0.15) is 0 Å². The van der Waals surface area contributed by atoms with Gasteiger partial charge in [0.25, 0.3) is 0 Å². The van der Waals surface area contributed by atoms with E-state index in [1.807, 2.05) is 25.7 Å². The number of nitrogens with zero attached hydrogens (tertiary/aromatic N) is 2. The molecule has 0 radical (unpaired) electrons. The van der Waals surface area contributed by atoms with E-state index >= 15 is 0 Å². The maximum absolute atomic E-state index is 12.0. The molecule has 0 spiro atoms. The molecule has 5 heteroatoms. The number of rotatable bonds is 7. The number of likely N-dealkylation sites (N-methyl/N-ethyl adjacent to an activating group) is 1. The summed E-state index contributed by atoms with van der Waals surface area (Å²) in [6.45, 7) is 13.0. The van der Waals surface area contributed by atoms with Gasteiger partial charge < -0.3 is 15.0 Å². The molecule has 0 aromatic rings. The summed E-state index contributed by atoms with van der Waals surface area (Å²) in [6, 6.07) is -0.0917. The largest absolute Gasteiger partial charge is 0.379 e. The Balaban J connectivity index is 2.19. The van der Waals surface area contributed by atoms with Gasteiger partial charge in [0.2, 0.25) is 5.91 Å². The second kappa shape index (κ2) is 8.45. The number of hydrogen-bond donors (Lipinski definition) is 1. The summed E-state index contributed by atoms with van der Waals surface area (Å²) in [5, 5.41) is 3.31. The van der Waals surface area contributed by atoms with Crippen molar-refractivity contribution >= 4 is 5.91 Å². The molecule has 1 fully saturated rings. The van der Waals surface area contributed by atoms with E-state index in [1.54, 1.807) is 0 Å². The highest BCUT2D eigenvalue weighted by atomic mass is 16.5. The summed E-state index contributed by atoms with van der Waals surface area (Å²) in [4.78, 5) is 16.3. The first-order valence-corrected chi connectivity index (χ1v) is 7.01. The Bertz CT molecular complexity index is 238. The van der Waals surface area contributed by atoms with Crippen molar-refractivity contribution in [1.29, 1.82) is 0 Å². The number of morpholine rings is 1. The lowest BCUT2D eigenvalue weighted by Crippen LogP contribution is -2.47. The van der Waals surface area contributed by atoms with E-state index in [0.717, 1.165) is 52.5 Å². The fourth-order valence-electron chi connectivity index (χ4n) is 2.16. The molecule has 1 rings (SSSR count). The van der Waals surface area contributed by atoms with Crippen LogP contribution < -0.4 is 5.32 Å². The van der Waals surface area contributed by atoms with Crippen molar-refractivity contribution < 1.29 is 9.53 Å². The van der Waals surface area contributed by atoms with Crippen LogP contribution in [-0.4, -0.2) is 74.2 Å². The van der Waals surface area contributed by atoms with Crippen LogP contribution in [-0.2, 0) is 9.53 Å². The molecule has 1 aliphatic rings. The quantitative estimate of drug-likeness (QED) is 0.706. The Labute approximate surface area is 110 Å². The Morgan fingerprint density at radius 2 is 1.94 bits per heavy atom. The normalized spacial score (nSPS) is 18.6. The topological polar surface area (TPSA) is 44.8 Å². The van der Waals surface area contributed by atoms with Gasteiger partial charge in [-0.05, 0) is 20.8 Å². The highest BCUT2D eigenvalue weighted by molar-refractivity contribution is 5.81. The molecule has 0 aromatic heterocycles. The lowest BCUT2D eigenvalue weighted by Gasteiger charge is -2.28. The second-order valence-electron chi connectivity index (χ2n) is 4.64. The molecule has 1 atom stereocenters. The van der Waals surface area contributed by atoms with Crippen LogP contribution in [0.25, 0.3) is 0 Å². The Morgan fingerprint density at radius 1 is 1.33 bits per heavy atom. The SMILES string of the molecule is CCN(CC)C(=O)C(C)NCCN1CCOCC1. The standard InChI is InChI=1S/C13H27N3O2/c1-4-16(5-2)13(17)12(3)14-6-7-15-8-10-18-11-9-15/h12,14H,4-11H2,1-3H3. The summed E-state index contributed by atoms with van der Waals surface area (Å²) in [7, 11) is 0. The van der Waals surface area contributed by atoms with E-state index in [-0.39, 0.29) is 11.9 Å². The first-order valence-electron chi connectivity index (χ1n) is 7.01. The summed E-state index contributed by atoms with van der Waals surface area (Å²) in [6.07, 6.45) is 0. The second-order valence-corrected chi connectivity index (χ2v) is 4.64. The first kappa shape index (κ1) is 15.4. The van der Waals surface area contributed by atoms with Crippen molar-refractivity contribution in [2.45, 2.75) is 26.8 Å². The van der Waals surface area contributed by atoms with Gasteiger partial charge in [0.05, 0.1) is 19.3 Å². The summed E-state index contributed by atoms with van der Waals surface area (Å²) in [5.74, 6) is 0.196. The molecular weight excluding hydrogens is 230 g/mol. The average molecular weight is 257 g/mol. The molecule has 0 bridgehead atoms. The van der Waals surface area contributed by atoms with Crippen LogP contribution in [0.4, 0.5) is 0 Å². The fraction of sp³-hybridized carbons (Fsp3) is 0.923. The minimum absolute atomic E-state index is 0.0917. The number of hydrogen-bond acceptors (Lipinski definition) is 4. The van der Waals surface area contributed by atoms with Crippen LogP contribution in [0.5, 0.6) is 0 Å². The molecule has 0 saturated carbocycles. The van der Waals surface area contributed by atoms with E-state index in [1.165, 1.54) is 0 Å². The highest BCUT2D eigenvalue weighted by Gasteiger charge is 2.17. The summed E-state index contributed by atoms with van der Waals surface area (Å²) >= 11 is 0. The molecule has 0 aliphatic carbocycles. The van der Waals surface area contributed by atoms with Gasteiger partial charge in [0, 0.05) is 39.3 Å². The predicted molar refractivity (Wildman–Crippen MR) is 72.7 cm³/mol. The van der Waals surface area contributed by atoms with Crippen molar-refractivity contribution in [3.8, 4) is 0 Å². The lowest BCUT2D eigenvalue weighted by atomic mass is 10.2. The molecule has 1 saturated heterocycles. The van der Waals surface area contributed by atoms with Gasteiger partial charge in [-0.15, -0.1) is 0 Å². The van der Waals surface area contributed by atoms with E-state index in [2.05, 4.69) is 10.2 Å². The van der Waals surface area contributed by atoms with Crippen LogP contribution in [0.3, 0.4) is 0 Å². The lowest BCUT2D eigenvalue weighted by molar-refractivity contribution is -0.132. The molecule has 5 nitrogen and oxygen atoms in total. The number of carbonyl (C=O) groups is 1. The molecule has 1 heterocycles. The molecule has 1 aliphatic heterocycles. The molecule has 18 heavy (non-hydrogen) atoms. The third kappa shape index (κ3) is 4.92. The maximum Gasteiger partial charge on any atom is 0.239 e. The monoisotopic (exact) mass is 257 g/mol. The highest BCUT2D eigenvalue weighted by Crippen LogP contribution is 1.97. The Hall–Kier alpha value is -0.650. The van der Waals surface area contributed by atoms with Gasteiger partial charge in [-0.3, -0.25) is 9.69 Å². The van der Waals surface area contributed by atoms with Gasteiger partial charge in [-0.1, -0.05) is 0 Å². The first-order chi connectivity index (χ1) is 8.69. The van der Waals surface area contributed by atoms with E-state index in [9.17, 15) is 4.79 Å².